The van der Waals surface area contributed by atoms with E-state index < -0.39 is 0 Å². The Morgan fingerprint density at radius 2 is 0.769 bits per heavy atom. The predicted octanol–water partition coefficient (Wildman–Crippen LogP) is 10.1. The maximum atomic E-state index is 2.34. The highest BCUT2D eigenvalue weighted by Gasteiger charge is 2.14. The van der Waals surface area contributed by atoms with Gasteiger partial charge in [-0.2, -0.15) is 0 Å². The van der Waals surface area contributed by atoms with E-state index in [-0.39, 0.29) is 0 Å². The van der Waals surface area contributed by atoms with Gasteiger partial charge in [-0.3, -0.25) is 0 Å². The van der Waals surface area contributed by atoms with E-state index in [4.69, 9.17) is 0 Å². The van der Waals surface area contributed by atoms with E-state index in [2.05, 4.69) is 168 Å². The first-order valence-electron chi connectivity index (χ1n) is 13.3. The van der Waals surface area contributed by atoms with E-state index in [0.29, 0.717) is 0 Å². The number of anilines is 3. The van der Waals surface area contributed by atoms with E-state index in [1.807, 2.05) is 0 Å². The largest absolute Gasteiger partial charge is 0.344 e. The van der Waals surface area contributed by atoms with Gasteiger partial charge in [0, 0.05) is 45.9 Å². The average molecular weight is 501 g/mol. The summed E-state index contributed by atoms with van der Waals surface area (Å²) in [4.78, 5) is 2.29. The van der Waals surface area contributed by atoms with Gasteiger partial charge in [-0.1, -0.05) is 91.0 Å². The lowest BCUT2D eigenvalue weighted by Gasteiger charge is -2.25. The molecule has 0 amide bonds. The molecule has 0 aliphatic carbocycles. The fourth-order valence-electron chi connectivity index (χ4n) is 5.61. The molecule has 1 aromatic heterocycles. The van der Waals surface area contributed by atoms with Crippen LogP contribution >= 0.6 is 0 Å². The van der Waals surface area contributed by atoms with E-state index in [1.165, 1.54) is 44.1 Å². The van der Waals surface area contributed by atoms with Crippen LogP contribution in [0.4, 0.5) is 17.1 Å². The highest BCUT2D eigenvalue weighted by atomic mass is 15.1. The van der Waals surface area contributed by atoms with Crippen molar-refractivity contribution in [3.63, 3.8) is 0 Å². The number of aryl methyl sites for hydroxylation is 1. The Morgan fingerprint density at radius 1 is 0.385 bits per heavy atom. The van der Waals surface area contributed by atoms with Gasteiger partial charge in [0.15, 0.2) is 0 Å². The molecular formula is C37H28N2. The van der Waals surface area contributed by atoms with Crippen LogP contribution in [0.3, 0.4) is 0 Å². The molecule has 186 valence electrons. The summed E-state index contributed by atoms with van der Waals surface area (Å²) in [7, 11) is 2.16. The third-order valence-electron chi connectivity index (χ3n) is 7.60. The summed E-state index contributed by atoms with van der Waals surface area (Å²) in [6.07, 6.45) is 0. The van der Waals surface area contributed by atoms with Crippen LogP contribution < -0.4 is 4.90 Å². The number of hydrogen-bond acceptors (Lipinski definition) is 1. The van der Waals surface area contributed by atoms with Gasteiger partial charge < -0.3 is 9.47 Å². The Kier molecular flexibility index (Phi) is 5.71. The van der Waals surface area contributed by atoms with E-state index >= 15 is 0 Å². The molecule has 0 fully saturated rings. The SMILES string of the molecule is Cn1c2ccc(-c3ccccc3)cc2c2cc(-c3ccc(N(c4ccccc4)c4ccccc4)cc3)ccc21. The third kappa shape index (κ3) is 4.17. The maximum absolute atomic E-state index is 2.34. The molecule has 0 atom stereocenters. The molecule has 0 spiro atoms. The summed E-state index contributed by atoms with van der Waals surface area (Å²) >= 11 is 0. The zero-order valence-electron chi connectivity index (χ0n) is 21.8. The number of aromatic nitrogens is 1. The number of rotatable bonds is 5. The minimum atomic E-state index is 1.13. The Hall–Kier alpha value is -5.08. The molecule has 0 aliphatic rings. The summed E-state index contributed by atoms with van der Waals surface area (Å²) < 4.78 is 2.30. The summed E-state index contributed by atoms with van der Waals surface area (Å²) in [5.74, 6) is 0. The normalized spacial score (nSPS) is 11.2. The highest BCUT2D eigenvalue weighted by molar-refractivity contribution is 6.10. The van der Waals surface area contributed by atoms with Crippen molar-refractivity contribution in [1.82, 2.24) is 4.57 Å². The van der Waals surface area contributed by atoms with Crippen LogP contribution in [0, 0.1) is 0 Å². The molecule has 0 saturated carbocycles. The first-order valence-corrected chi connectivity index (χ1v) is 13.3. The predicted molar refractivity (Wildman–Crippen MR) is 166 cm³/mol. The van der Waals surface area contributed by atoms with Crippen molar-refractivity contribution in [2.45, 2.75) is 0 Å². The van der Waals surface area contributed by atoms with Crippen LogP contribution in [0.15, 0.2) is 152 Å². The first kappa shape index (κ1) is 23.1. The second-order valence-corrected chi connectivity index (χ2v) is 9.94. The lowest BCUT2D eigenvalue weighted by Crippen LogP contribution is -2.09. The molecule has 6 aromatic carbocycles. The quantitative estimate of drug-likeness (QED) is 0.228. The number of benzene rings is 6. The monoisotopic (exact) mass is 500 g/mol. The standard InChI is InChI=1S/C37H28N2/c1-38-36-23-19-29(27-11-5-2-6-12-27)25-34(36)35-26-30(20-24-37(35)38)28-17-21-33(22-18-28)39(31-13-7-3-8-14-31)32-15-9-4-10-16-32/h2-26H,1H3. The summed E-state index contributed by atoms with van der Waals surface area (Å²) in [5, 5.41) is 2.56. The molecule has 2 heteroatoms. The summed E-state index contributed by atoms with van der Waals surface area (Å²) in [5.41, 5.74) is 10.8. The highest BCUT2D eigenvalue weighted by Crippen LogP contribution is 2.37. The number of para-hydroxylation sites is 2. The number of fused-ring (bicyclic) bond motifs is 3. The molecular weight excluding hydrogens is 472 g/mol. The second-order valence-electron chi connectivity index (χ2n) is 9.94. The molecule has 0 bridgehead atoms. The molecule has 0 saturated heterocycles. The Bertz CT molecular complexity index is 1850. The van der Waals surface area contributed by atoms with Crippen molar-refractivity contribution < 1.29 is 0 Å². The molecule has 7 rings (SSSR count). The van der Waals surface area contributed by atoms with Gasteiger partial charge in [-0.15, -0.1) is 0 Å². The smallest absolute Gasteiger partial charge is 0.0489 e. The topological polar surface area (TPSA) is 8.17 Å². The first-order chi connectivity index (χ1) is 19.3. The third-order valence-corrected chi connectivity index (χ3v) is 7.60. The minimum absolute atomic E-state index is 1.13. The van der Waals surface area contributed by atoms with E-state index in [0.717, 1.165) is 17.1 Å². The van der Waals surface area contributed by atoms with Gasteiger partial charge in [-0.25, -0.2) is 0 Å². The summed E-state index contributed by atoms with van der Waals surface area (Å²) in [6, 6.07) is 54.2. The maximum Gasteiger partial charge on any atom is 0.0489 e. The second kappa shape index (κ2) is 9.66. The zero-order valence-corrected chi connectivity index (χ0v) is 21.8. The molecule has 0 N–H and O–H groups in total. The van der Waals surface area contributed by atoms with E-state index in [9.17, 15) is 0 Å². The molecule has 39 heavy (non-hydrogen) atoms. The minimum Gasteiger partial charge on any atom is -0.344 e. The van der Waals surface area contributed by atoms with Gasteiger partial charge in [0.2, 0.25) is 0 Å². The van der Waals surface area contributed by atoms with Crippen molar-refractivity contribution in [3.05, 3.63) is 152 Å². The van der Waals surface area contributed by atoms with Gasteiger partial charge in [0.1, 0.15) is 0 Å². The summed E-state index contributed by atoms with van der Waals surface area (Å²) in [6.45, 7) is 0. The molecule has 0 aliphatic heterocycles. The van der Waals surface area contributed by atoms with Crippen LogP contribution in [0.25, 0.3) is 44.1 Å². The van der Waals surface area contributed by atoms with E-state index in [1.54, 1.807) is 0 Å². The van der Waals surface area contributed by atoms with Crippen LogP contribution in [0.2, 0.25) is 0 Å². The number of hydrogen-bond donors (Lipinski definition) is 0. The van der Waals surface area contributed by atoms with Crippen LogP contribution in [-0.4, -0.2) is 4.57 Å². The Balaban J connectivity index is 1.30. The lowest BCUT2D eigenvalue weighted by molar-refractivity contribution is 1.01. The Labute approximate surface area is 229 Å². The molecule has 1 heterocycles. The molecule has 2 nitrogen and oxygen atoms in total. The van der Waals surface area contributed by atoms with Crippen molar-refractivity contribution in [2.75, 3.05) is 4.90 Å². The van der Waals surface area contributed by atoms with Gasteiger partial charge >= 0.3 is 0 Å². The lowest BCUT2D eigenvalue weighted by atomic mass is 10.00. The van der Waals surface area contributed by atoms with Crippen molar-refractivity contribution >= 4 is 38.9 Å². The molecule has 0 unspecified atom stereocenters. The van der Waals surface area contributed by atoms with Crippen LogP contribution in [0.5, 0.6) is 0 Å². The van der Waals surface area contributed by atoms with Crippen molar-refractivity contribution in [3.8, 4) is 22.3 Å². The van der Waals surface area contributed by atoms with Crippen LogP contribution in [0.1, 0.15) is 0 Å². The fourth-order valence-corrected chi connectivity index (χ4v) is 5.61. The van der Waals surface area contributed by atoms with Gasteiger partial charge in [0.05, 0.1) is 0 Å². The zero-order chi connectivity index (χ0) is 26.2. The Morgan fingerprint density at radius 3 is 1.26 bits per heavy atom. The van der Waals surface area contributed by atoms with Gasteiger partial charge in [0.25, 0.3) is 0 Å². The van der Waals surface area contributed by atoms with Gasteiger partial charge in [-0.05, 0) is 82.9 Å². The number of nitrogens with zero attached hydrogens (tertiary/aromatic N) is 2. The fraction of sp³-hybridized carbons (Fsp3) is 0.0270. The average Bonchev–Trinajstić information content (AvgIpc) is 3.29. The van der Waals surface area contributed by atoms with Crippen molar-refractivity contribution in [1.29, 1.82) is 0 Å². The molecule has 7 aromatic rings. The molecule has 0 radical (unpaired) electrons. The van der Waals surface area contributed by atoms with Crippen LogP contribution in [-0.2, 0) is 7.05 Å². The van der Waals surface area contributed by atoms with Crippen molar-refractivity contribution in [2.24, 2.45) is 7.05 Å².